The maximum absolute atomic E-state index is 11.3. The van der Waals surface area contributed by atoms with E-state index in [1.54, 1.807) is 21.0 Å². The van der Waals surface area contributed by atoms with Crippen molar-refractivity contribution in [1.29, 1.82) is 0 Å². The van der Waals surface area contributed by atoms with Gasteiger partial charge in [0.2, 0.25) is 5.91 Å². The topological polar surface area (TPSA) is 32.3 Å². The van der Waals surface area contributed by atoms with Crippen LogP contribution < -0.4 is 5.32 Å². The van der Waals surface area contributed by atoms with Gasteiger partial charge in [-0.1, -0.05) is 23.2 Å². The molecule has 76 valence electrons. The van der Waals surface area contributed by atoms with E-state index in [1.807, 2.05) is 0 Å². The fourth-order valence-corrected chi connectivity index (χ4v) is 0.918. The lowest BCUT2D eigenvalue weighted by atomic mass is 10.3. The molecule has 1 amide bonds. The van der Waals surface area contributed by atoms with E-state index in [-0.39, 0.29) is 11.9 Å². The van der Waals surface area contributed by atoms with Crippen LogP contribution in [-0.2, 0) is 4.79 Å². The molecule has 0 aliphatic carbocycles. The highest BCUT2D eigenvalue weighted by Crippen LogP contribution is 2.01. The van der Waals surface area contributed by atoms with Crippen LogP contribution in [-0.4, -0.2) is 37.5 Å². The third-order valence-corrected chi connectivity index (χ3v) is 2.12. The molecule has 0 spiro atoms. The number of nitrogens with zero attached hydrogens (tertiary/aromatic N) is 1. The Hall–Kier alpha value is -0.250. The van der Waals surface area contributed by atoms with Crippen LogP contribution in [0, 0.1) is 0 Å². The summed E-state index contributed by atoms with van der Waals surface area (Å²) in [6, 6.07) is -0.250. The van der Waals surface area contributed by atoms with Crippen molar-refractivity contribution in [3.05, 3.63) is 10.6 Å². The van der Waals surface area contributed by atoms with Crippen LogP contribution in [0.2, 0.25) is 0 Å². The highest BCUT2D eigenvalue weighted by molar-refractivity contribution is 6.36. The van der Waals surface area contributed by atoms with Crippen LogP contribution >= 0.6 is 23.2 Å². The van der Waals surface area contributed by atoms with Crippen molar-refractivity contribution in [1.82, 2.24) is 10.2 Å². The second-order valence-corrected chi connectivity index (χ2v) is 3.59. The lowest BCUT2D eigenvalue weighted by Crippen LogP contribution is -2.41. The molecule has 1 atom stereocenters. The maximum Gasteiger partial charge on any atom is 0.238 e. The molecule has 1 unspecified atom stereocenters. The van der Waals surface area contributed by atoms with Crippen molar-refractivity contribution in [2.75, 3.05) is 20.6 Å². The molecule has 0 aliphatic heterocycles. The maximum atomic E-state index is 11.3. The Morgan fingerprint density at radius 3 is 2.54 bits per heavy atom. The molecular formula is C8H14Cl2N2O. The highest BCUT2D eigenvalue weighted by atomic mass is 35.5. The van der Waals surface area contributed by atoms with Gasteiger partial charge in [-0.25, -0.2) is 0 Å². The lowest BCUT2D eigenvalue weighted by molar-refractivity contribution is -0.130. The monoisotopic (exact) mass is 224 g/mol. The summed E-state index contributed by atoms with van der Waals surface area (Å²) in [6.45, 7) is 2.19. The summed E-state index contributed by atoms with van der Waals surface area (Å²) in [6.07, 6.45) is 0. The standard InChI is InChI=1S/C8H14Cl2N2O/c1-6(8(13)12(2)3)11-5-7(10)4-9/h4,6,11H,5H2,1-3H3. The summed E-state index contributed by atoms with van der Waals surface area (Å²) in [4.78, 5) is 12.8. The van der Waals surface area contributed by atoms with Gasteiger partial charge in [-0.05, 0) is 6.92 Å². The Kier molecular flexibility index (Phi) is 6.12. The van der Waals surface area contributed by atoms with Crippen molar-refractivity contribution in [2.45, 2.75) is 13.0 Å². The number of amides is 1. The molecule has 0 heterocycles. The number of carbonyl (C=O) groups excluding carboxylic acids is 1. The van der Waals surface area contributed by atoms with E-state index in [0.29, 0.717) is 11.6 Å². The molecule has 0 bridgehead atoms. The van der Waals surface area contributed by atoms with Crippen LogP contribution in [0.3, 0.4) is 0 Å². The van der Waals surface area contributed by atoms with E-state index in [4.69, 9.17) is 23.2 Å². The number of likely N-dealkylation sites (N-methyl/N-ethyl adjacent to an activating group) is 1. The van der Waals surface area contributed by atoms with Crippen molar-refractivity contribution in [2.24, 2.45) is 0 Å². The third-order valence-electron chi connectivity index (χ3n) is 1.51. The molecular weight excluding hydrogens is 211 g/mol. The quantitative estimate of drug-likeness (QED) is 0.783. The molecule has 0 rings (SSSR count). The van der Waals surface area contributed by atoms with E-state index in [2.05, 4.69) is 5.32 Å². The SMILES string of the molecule is CC(NCC(Cl)=CCl)C(=O)N(C)C. The first-order valence-corrected chi connectivity index (χ1v) is 4.69. The normalized spacial score (nSPS) is 14.1. The summed E-state index contributed by atoms with van der Waals surface area (Å²) >= 11 is 11.0. The molecule has 0 aliphatic rings. The van der Waals surface area contributed by atoms with Crippen molar-refractivity contribution >= 4 is 29.1 Å². The van der Waals surface area contributed by atoms with Gasteiger partial charge in [0.1, 0.15) is 0 Å². The fraction of sp³-hybridized carbons (Fsp3) is 0.625. The van der Waals surface area contributed by atoms with Gasteiger partial charge in [0.15, 0.2) is 0 Å². The number of nitrogens with one attached hydrogen (secondary N) is 1. The smallest absolute Gasteiger partial charge is 0.238 e. The van der Waals surface area contributed by atoms with Crippen LogP contribution in [0.1, 0.15) is 6.92 Å². The zero-order valence-corrected chi connectivity index (χ0v) is 9.49. The van der Waals surface area contributed by atoms with E-state index in [0.717, 1.165) is 0 Å². The first kappa shape index (κ1) is 12.8. The Bertz CT molecular complexity index is 204. The first-order chi connectivity index (χ1) is 5.99. The molecule has 5 heteroatoms. The molecule has 0 fully saturated rings. The van der Waals surface area contributed by atoms with Gasteiger partial charge in [0, 0.05) is 31.2 Å². The average molecular weight is 225 g/mol. The van der Waals surface area contributed by atoms with E-state index < -0.39 is 0 Å². The van der Waals surface area contributed by atoms with E-state index in [9.17, 15) is 4.79 Å². The van der Waals surface area contributed by atoms with Crippen LogP contribution in [0.25, 0.3) is 0 Å². The minimum atomic E-state index is -0.250. The first-order valence-electron chi connectivity index (χ1n) is 3.88. The van der Waals surface area contributed by atoms with Crippen LogP contribution in [0.4, 0.5) is 0 Å². The third kappa shape index (κ3) is 5.13. The number of hydrogen-bond donors (Lipinski definition) is 1. The zero-order chi connectivity index (χ0) is 10.4. The molecule has 3 nitrogen and oxygen atoms in total. The van der Waals surface area contributed by atoms with Crippen LogP contribution in [0.5, 0.6) is 0 Å². The summed E-state index contributed by atoms with van der Waals surface area (Å²) in [5.41, 5.74) is 1.28. The molecule has 0 radical (unpaired) electrons. The average Bonchev–Trinajstić information content (AvgIpc) is 2.11. The predicted molar refractivity (Wildman–Crippen MR) is 55.9 cm³/mol. The van der Waals surface area contributed by atoms with Gasteiger partial charge in [-0.2, -0.15) is 0 Å². The van der Waals surface area contributed by atoms with Crippen LogP contribution in [0.15, 0.2) is 10.6 Å². The zero-order valence-electron chi connectivity index (χ0n) is 7.97. The molecule has 0 aromatic heterocycles. The largest absolute Gasteiger partial charge is 0.347 e. The molecule has 0 aromatic rings. The minimum Gasteiger partial charge on any atom is -0.347 e. The predicted octanol–water partition coefficient (Wildman–Crippen LogP) is 1.37. The Morgan fingerprint density at radius 2 is 2.15 bits per heavy atom. The lowest BCUT2D eigenvalue weighted by Gasteiger charge is -2.17. The number of rotatable bonds is 4. The fourth-order valence-electron chi connectivity index (χ4n) is 0.764. The van der Waals surface area contributed by atoms with Crippen molar-refractivity contribution in [3.63, 3.8) is 0 Å². The van der Waals surface area contributed by atoms with Gasteiger partial charge in [0.05, 0.1) is 6.04 Å². The summed E-state index contributed by atoms with van der Waals surface area (Å²) < 4.78 is 0. The minimum absolute atomic E-state index is 0.0130. The van der Waals surface area contributed by atoms with E-state index >= 15 is 0 Å². The van der Waals surface area contributed by atoms with Gasteiger partial charge in [-0.15, -0.1) is 0 Å². The molecule has 13 heavy (non-hydrogen) atoms. The second kappa shape index (κ2) is 6.24. The molecule has 0 saturated carbocycles. The number of halogens is 2. The van der Waals surface area contributed by atoms with Gasteiger partial charge < -0.3 is 10.2 Å². The Morgan fingerprint density at radius 1 is 1.62 bits per heavy atom. The van der Waals surface area contributed by atoms with Crippen molar-refractivity contribution < 1.29 is 4.79 Å². The van der Waals surface area contributed by atoms with Gasteiger partial charge >= 0.3 is 0 Å². The Balaban J connectivity index is 3.88. The molecule has 0 aromatic carbocycles. The summed E-state index contributed by atoms with van der Waals surface area (Å²) in [7, 11) is 3.42. The van der Waals surface area contributed by atoms with E-state index in [1.165, 1.54) is 10.4 Å². The van der Waals surface area contributed by atoms with Gasteiger partial charge in [-0.3, -0.25) is 4.79 Å². The van der Waals surface area contributed by atoms with Crippen molar-refractivity contribution in [3.8, 4) is 0 Å². The molecule has 1 N–H and O–H groups in total. The Labute approximate surface area is 88.7 Å². The number of carbonyl (C=O) groups is 1. The summed E-state index contributed by atoms with van der Waals surface area (Å²) in [5, 5.41) is 3.42. The highest BCUT2D eigenvalue weighted by Gasteiger charge is 2.13. The summed E-state index contributed by atoms with van der Waals surface area (Å²) in [5.74, 6) is 0.0130. The molecule has 0 saturated heterocycles. The second-order valence-electron chi connectivity index (χ2n) is 2.89. The van der Waals surface area contributed by atoms with Gasteiger partial charge in [0.25, 0.3) is 0 Å². The number of hydrogen-bond acceptors (Lipinski definition) is 2.